The summed E-state index contributed by atoms with van der Waals surface area (Å²) in [4.78, 5) is 21.6. The first-order valence-corrected chi connectivity index (χ1v) is 9.49. The molecule has 2 aliphatic rings. The SMILES string of the molecule is [2H]C([2H])([2H])N(c1cnc(-c2cc3ncn(C([2H])([2H])[2H])c(=O)c3cc2O)nn1)[C@@H]1CC2CCC(N2)[C@@H]1F. The van der Waals surface area contributed by atoms with Gasteiger partial charge in [0.25, 0.3) is 5.56 Å². The Morgan fingerprint density at radius 3 is 3.00 bits per heavy atom. The average molecular weight is 417 g/mol. The summed E-state index contributed by atoms with van der Waals surface area (Å²) in [5, 5.41) is 21.5. The molecule has 1 aromatic carbocycles. The summed E-state index contributed by atoms with van der Waals surface area (Å²) in [7, 11) is 0. The van der Waals surface area contributed by atoms with Crippen LogP contribution in [0.2, 0.25) is 0 Å². The maximum Gasteiger partial charge on any atom is 0.261 e. The van der Waals surface area contributed by atoms with Crippen molar-refractivity contribution in [2.24, 2.45) is 6.98 Å². The summed E-state index contributed by atoms with van der Waals surface area (Å²) < 4.78 is 61.9. The molecule has 0 amide bonds. The lowest BCUT2D eigenvalue weighted by Crippen LogP contribution is -2.55. The van der Waals surface area contributed by atoms with Gasteiger partial charge in [-0.25, -0.2) is 14.4 Å². The lowest BCUT2D eigenvalue weighted by molar-refractivity contribution is 0.176. The minimum atomic E-state index is -2.74. The van der Waals surface area contributed by atoms with Crippen molar-refractivity contribution in [3.05, 3.63) is 35.0 Å². The quantitative estimate of drug-likeness (QED) is 0.654. The Balaban J connectivity index is 1.50. The van der Waals surface area contributed by atoms with Gasteiger partial charge in [-0.05, 0) is 31.4 Å². The monoisotopic (exact) mass is 417 g/mol. The third kappa shape index (κ3) is 2.98. The average Bonchev–Trinajstić information content (AvgIpc) is 3.20. The van der Waals surface area contributed by atoms with Gasteiger partial charge in [-0.1, -0.05) is 0 Å². The minimum Gasteiger partial charge on any atom is -0.507 e. The highest BCUT2D eigenvalue weighted by molar-refractivity contribution is 5.85. The summed E-state index contributed by atoms with van der Waals surface area (Å²) in [6.07, 6.45) is 2.31. The van der Waals surface area contributed by atoms with Crippen molar-refractivity contribution in [3.8, 4) is 17.1 Å². The first-order valence-electron chi connectivity index (χ1n) is 12.5. The highest BCUT2D eigenvalue weighted by Gasteiger charge is 2.43. The predicted molar refractivity (Wildman–Crippen MR) is 109 cm³/mol. The second-order valence-corrected chi connectivity index (χ2v) is 7.61. The van der Waals surface area contributed by atoms with Crippen LogP contribution in [0.25, 0.3) is 22.3 Å². The smallest absolute Gasteiger partial charge is 0.261 e. The predicted octanol–water partition coefficient (Wildman–Crippen LogP) is 1.16. The number of aromatic nitrogens is 5. The molecule has 0 spiro atoms. The van der Waals surface area contributed by atoms with Crippen molar-refractivity contribution < 1.29 is 17.7 Å². The van der Waals surface area contributed by atoms with Crippen LogP contribution in [0, 0.1) is 0 Å². The number of phenolic OH excluding ortho intramolecular Hbond substituents is 1. The summed E-state index contributed by atoms with van der Waals surface area (Å²) in [5.41, 5.74) is -0.722. The zero-order chi connectivity index (χ0) is 26.0. The number of aromatic hydroxyl groups is 1. The van der Waals surface area contributed by atoms with E-state index < -0.39 is 43.5 Å². The third-order valence-corrected chi connectivity index (χ3v) is 5.80. The van der Waals surface area contributed by atoms with E-state index in [9.17, 15) is 9.90 Å². The number of hydrogen-bond acceptors (Lipinski definition) is 8. The number of rotatable bonds is 3. The number of nitrogens with zero attached hydrogens (tertiary/aromatic N) is 6. The molecule has 9 nitrogen and oxygen atoms in total. The molecule has 156 valence electrons. The molecule has 0 aliphatic carbocycles. The molecule has 2 bridgehead atoms. The fourth-order valence-corrected chi connectivity index (χ4v) is 4.23. The molecule has 10 heteroatoms. The standard InChI is InChI=1S/C20H22FN7O2/c1-27-9-23-14-6-12(16(29)7-11(14)20(27)30)19-22-8-17(25-26-19)28(2)15-5-10-3-4-13(24-10)18(15)21/h6-10,13,15,18,24,29H,3-5H2,1-2H3/t10?,13?,15-,18+/m1/s1/i1D3,2D3. The Labute approximate surface area is 180 Å². The van der Waals surface area contributed by atoms with Gasteiger partial charge in [-0.2, -0.15) is 0 Å². The molecule has 2 saturated heterocycles. The van der Waals surface area contributed by atoms with Crippen LogP contribution in [0.5, 0.6) is 5.75 Å². The second-order valence-electron chi connectivity index (χ2n) is 7.61. The zero-order valence-electron chi connectivity index (χ0n) is 21.7. The highest BCUT2D eigenvalue weighted by atomic mass is 19.1. The number of halogens is 1. The lowest BCUT2D eigenvalue weighted by atomic mass is 9.96. The van der Waals surface area contributed by atoms with Gasteiger partial charge in [0.1, 0.15) is 11.9 Å². The third-order valence-electron chi connectivity index (χ3n) is 5.80. The molecular weight excluding hydrogens is 389 g/mol. The molecule has 2 aliphatic heterocycles. The van der Waals surface area contributed by atoms with Crippen LogP contribution >= 0.6 is 0 Å². The number of nitrogens with one attached hydrogen (secondary N) is 1. The molecule has 4 heterocycles. The minimum absolute atomic E-state index is 0.0222. The van der Waals surface area contributed by atoms with Crippen LogP contribution in [0.4, 0.5) is 10.2 Å². The Kier molecular flexibility index (Phi) is 3.07. The van der Waals surface area contributed by atoms with Crippen LogP contribution in [-0.2, 0) is 6.98 Å². The number of alkyl halides is 1. The van der Waals surface area contributed by atoms with Crippen LogP contribution in [0.15, 0.2) is 29.5 Å². The van der Waals surface area contributed by atoms with Crippen LogP contribution in [0.1, 0.15) is 27.5 Å². The molecule has 2 aromatic heterocycles. The van der Waals surface area contributed by atoms with Gasteiger partial charge in [0.05, 0.1) is 35.0 Å². The summed E-state index contributed by atoms with van der Waals surface area (Å²) in [6.45, 7) is -5.43. The van der Waals surface area contributed by atoms with Crippen molar-refractivity contribution in [3.63, 3.8) is 0 Å². The van der Waals surface area contributed by atoms with Gasteiger partial charge in [-0.3, -0.25) is 4.79 Å². The van der Waals surface area contributed by atoms with Crippen molar-refractivity contribution >= 4 is 16.7 Å². The van der Waals surface area contributed by atoms with Crippen molar-refractivity contribution in [1.82, 2.24) is 30.0 Å². The van der Waals surface area contributed by atoms with E-state index in [1.165, 1.54) is 6.07 Å². The van der Waals surface area contributed by atoms with E-state index in [4.69, 9.17) is 8.22 Å². The van der Waals surface area contributed by atoms with E-state index in [1.807, 2.05) is 0 Å². The van der Waals surface area contributed by atoms with E-state index in [1.54, 1.807) is 0 Å². The number of hydrogen-bond donors (Lipinski definition) is 2. The topological polar surface area (TPSA) is 109 Å². The molecule has 2 N–H and O–H groups in total. The molecule has 3 aromatic rings. The zero-order valence-corrected chi connectivity index (χ0v) is 15.7. The second kappa shape index (κ2) is 6.98. The van der Waals surface area contributed by atoms with Gasteiger partial charge in [0, 0.05) is 34.3 Å². The van der Waals surface area contributed by atoms with E-state index in [0.29, 0.717) is 17.4 Å². The largest absolute Gasteiger partial charge is 0.507 e. The molecule has 4 atom stereocenters. The number of phenols is 1. The van der Waals surface area contributed by atoms with Crippen molar-refractivity contribution in [2.75, 3.05) is 11.9 Å². The number of aryl methyl sites for hydroxylation is 1. The summed E-state index contributed by atoms with van der Waals surface area (Å²) in [6, 6.07) is 1.03. The van der Waals surface area contributed by atoms with Crippen LogP contribution in [-0.4, -0.2) is 61.1 Å². The van der Waals surface area contributed by atoms with Crippen molar-refractivity contribution in [2.45, 2.75) is 43.6 Å². The fraction of sp³-hybridized carbons (Fsp3) is 0.450. The number of piperidine rings is 1. The van der Waals surface area contributed by atoms with Crippen LogP contribution < -0.4 is 15.8 Å². The Bertz CT molecular complexity index is 1360. The van der Waals surface area contributed by atoms with Gasteiger partial charge >= 0.3 is 0 Å². The Morgan fingerprint density at radius 1 is 1.33 bits per heavy atom. The molecule has 0 radical (unpaired) electrons. The van der Waals surface area contributed by atoms with E-state index in [2.05, 4.69) is 25.5 Å². The first kappa shape index (κ1) is 13.2. The maximum absolute atomic E-state index is 15.2. The van der Waals surface area contributed by atoms with Crippen molar-refractivity contribution in [1.29, 1.82) is 0 Å². The Morgan fingerprint density at radius 2 is 2.23 bits per heavy atom. The molecule has 2 fully saturated rings. The number of anilines is 1. The number of fused-ring (bicyclic) bond motifs is 3. The highest BCUT2D eigenvalue weighted by Crippen LogP contribution is 2.33. The first-order chi connectivity index (χ1) is 16.8. The number of benzene rings is 1. The normalized spacial score (nSPS) is 29.4. The molecule has 5 rings (SSSR count). The molecule has 30 heavy (non-hydrogen) atoms. The molecule has 2 unspecified atom stereocenters. The van der Waals surface area contributed by atoms with Gasteiger partial charge in [0.15, 0.2) is 11.6 Å². The summed E-state index contributed by atoms with van der Waals surface area (Å²) in [5.74, 6) is -0.648. The lowest BCUT2D eigenvalue weighted by Gasteiger charge is -2.38. The fourth-order valence-electron chi connectivity index (χ4n) is 4.23. The van der Waals surface area contributed by atoms with Gasteiger partial charge < -0.3 is 19.9 Å². The summed E-state index contributed by atoms with van der Waals surface area (Å²) >= 11 is 0. The molecular formula is C20H22FN7O2. The van der Waals surface area contributed by atoms with E-state index >= 15 is 4.39 Å². The van der Waals surface area contributed by atoms with Gasteiger partial charge in [-0.15, -0.1) is 10.2 Å². The molecule has 0 saturated carbocycles. The maximum atomic E-state index is 15.2. The van der Waals surface area contributed by atoms with Crippen LogP contribution in [0.3, 0.4) is 0 Å². The van der Waals surface area contributed by atoms with E-state index in [-0.39, 0.29) is 34.2 Å². The van der Waals surface area contributed by atoms with Gasteiger partial charge in [0.2, 0.25) is 0 Å². The Hall–Kier alpha value is -3.14. The van der Waals surface area contributed by atoms with E-state index in [0.717, 1.165) is 29.9 Å².